The summed E-state index contributed by atoms with van der Waals surface area (Å²) in [7, 11) is 0. The highest BCUT2D eigenvalue weighted by atomic mass is 15.0. The van der Waals surface area contributed by atoms with Crippen LogP contribution >= 0.6 is 0 Å². The van der Waals surface area contributed by atoms with Gasteiger partial charge in [-0.2, -0.15) is 0 Å². The molecule has 0 saturated heterocycles. The van der Waals surface area contributed by atoms with Crippen molar-refractivity contribution in [2.24, 2.45) is 0 Å². The van der Waals surface area contributed by atoms with Gasteiger partial charge < -0.3 is 5.32 Å². The average Bonchev–Trinajstić information content (AvgIpc) is 2.72. The lowest BCUT2D eigenvalue weighted by Gasteiger charge is -2.02. The van der Waals surface area contributed by atoms with Gasteiger partial charge in [0.2, 0.25) is 0 Å². The molecule has 1 aliphatic carbocycles. The van der Waals surface area contributed by atoms with Gasteiger partial charge in [0, 0.05) is 18.2 Å². The van der Waals surface area contributed by atoms with Crippen LogP contribution in [-0.2, 0) is 5.41 Å². The molecule has 1 fully saturated rings. The summed E-state index contributed by atoms with van der Waals surface area (Å²) in [5, 5.41) is 3.39. The maximum atomic E-state index is 4.09. The highest BCUT2D eigenvalue weighted by molar-refractivity contribution is 5.61. The fraction of sp³-hybridized carbons (Fsp3) is 0.444. The first-order valence-corrected chi connectivity index (χ1v) is 4.09. The lowest BCUT2D eigenvalue weighted by molar-refractivity contribution is 0.777. The van der Waals surface area contributed by atoms with Crippen molar-refractivity contribution in [1.82, 2.24) is 4.98 Å². The second kappa shape index (κ2) is 1.58. The standard InChI is InChI=1S/C9H10N2/c1-4-10-5-8-7(1)9(2-3-9)6-11-8/h1,4-5,11H,2-3,6H2. The van der Waals surface area contributed by atoms with E-state index in [1.165, 1.54) is 24.1 Å². The third kappa shape index (κ3) is 0.595. The molecule has 2 nitrogen and oxygen atoms in total. The molecule has 2 aliphatic rings. The fourth-order valence-electron chi connectivity index (χ4n) is 1.95. The topological polar surface area (TPSA) is 24.9 Å². The van der Waals surface area contributed by atoms with Crippen molar-refractivity contribution in [3.05, 3.63) is 24.0 Å². The van der Waals surface area contributed by atoms with Gasteiger partial charge in [-0.25, -0.2) is 0 Å². The third-order valence-corrected chi connectivity index (χ3v) is 2.86. The second-order valence-corrected chi connectivity index (χ2v) is 3.56. The SMILES string of the molecule is c1cc2c(cn1)NCC21CC1. The van der Waals surface area contributed by atoms with E-state index in [4.69, 9.17) is 0 Å². The molecule has 1 spiro atoms. The summed E-state index contributed by atoms with van der Waals surface area (Å²) < 4.78 is 0. The van der Waals surface area contributed by atoms with E-state index in [2.05, 4.69) is 16.4 Å². The van der Waals surface area contributed by atoms with E-state index in [1.54, 1.807) is 0 Å². The maximum Gasteiger partial charge on any atom is 0.0565 e. The Morgan fingerprint density at radius 2 is 2.36 bits per heavy atom. The van der Waals surface area contributed by atoms with Gasteiger partial charge in [0.15, 0.2) is 0 Å². The molecule has 1 N–H and O–H groups in total. The van der Waals surface area contributed by atoms with Crippen molar-refractivity contribution in [1.29, 1.82) is 0 Å². The van der Waals surface area contributed by atoms with Gasteiger partial charge in [0.1, 0.15) is 0 Å². The molecule has 0 aromatic carbocycles. The molecule has 0 atom stereocenters. The molecule has 0 amide bonds. The van der Waals surface area contributed by atoms with Crippen molar-refractivity contribution in [3.8, 4) is 0 Å². The van der Waals surface area contributed by atoms with Crippen LogP contribution in [0.4, 0.5) is 5.69 Å². The lowest BCUT2D eigenvalue weighted by Crippen LogP contribution is -2.07. The van der Waals surface area contributed by atoms with E-state index < -0.39 is 0 Å². The normalized spacial score (nSPS) is 22.9. The van der Waals surface area contributed by atoms with Crippen LogP contribution in [0.2, 0.25) is 0 Å². The number of hydrogen-bond acceptors (Lipinski definition) is 2. The summed E-state index contributed by atoms with van der Waals surface area (Å²) in [6, 6.07) is 2.16. The van der Waals surface area contributed by atoms with Crippen LogP contribution in [0, 0.1) is 0 Å². The summed E-state index contributed by atoms with van der Waals surface area (Å²) in [6.07, 6.45) is 6.54. The van der Waals surface area contributed by atoms with Crippen LogP contribution in [0.1, 0.15) is 18.4 Å². The molecule has 0 radical (unpaired) electrons. The monoisotopic (exact) mass is 146 g/mol. The van der Waals surface area contributed by atoms with Gasteiger partial charge in [-0.3, -0.25) is 4.98 Å². The van der Waals surface area contributed by atoms with Crippen LogP contribution in [-0.4, -0.2) is 11.5 Å². The van der Waals surface area contributed by atoms with Crippen molar-refractivity contribution >= 4 is 5.69 Å². The molecule has 56 valence electrons. The Morgan fingerprint density at radius 1 is 1.45 bits per heavy atom. The van der Waals surface area contributed by atoms with Gasteiger partial charge in [-0.15, -0.1) is 0 Å². The minimum atomic E-state index is 0.526. The molecular weight excluding hydrogens is 136 g/mol. The second-order valence-electron chi connectivity index (χ2n) is 3.56. The number of hydrogen-bond donors (Lipinski definition) is 1. The van der Waals surface area contributed by atoms with Crippen LogP contribution in [0.25, 0.3) is 0 Å². The number of nitrogens with one attached hydrogen (secondary N) is 1. The van der Waals surface area contributed by atoms with Gasteiger partial charge in [0.05, 0.1) is 11.9 Å². The van der Waals surface area contributed by atoms with Crippen molar-refractivity contribution in [2.45, 2.75) is 18.3 Å². The van der Waals surface area contributed by atoms with Crippen molar-refractivity contribution in [2.75, 3.05) is 11.9 Å². The van der Waals surface area contributed by atoms with E-state index in [0.717, 1.165) is 6.54 Å². The molecule has 0 bridgehead atoms. The zero-order valence-electron chi connectivity index (χ0n) is 6.30. The summed E-state index contributed by atoms with van der Waals surface area (Å²) in [4.78, 5) is 4.09. The Labute approximate surface area is 65.6 Å². The first kappa shape index (κ1) is 5.58. The van der Waals surface area contributed by atoms with Crippen LogP contribution in [0.3, 0.4) is 0 Å². The molecule has 1 saturated carbocycles. The van der Waals surface area contributed by atoms with Gasteiger partial charge in [0.25, 0.3) is 0 Å². The third-order valence-electron chi connectivity index (χ3n) is 2.86. The lowest BCUT2D eigenvalue weighted by atomic mass is 10.0. The largest absolute Gasteiger partial charge is 0.383 e. The molecule has 11 heavy (non-hydrogen) atoms. The van der Waals surface area contributed by atoms with Crippen LogP contribution in [0.5, 0.6) is 0 Å². The van der Waals surface area contributed by atoms with E-state index in [9.17, 15) is 0 Å². The zero-order chi connectivity index (χ0) is 7.31. The molecule has 1 aromatic heterocycles. The summed E-state index contributed by atoms with van der Waals surface area (Å²) >= 11 is 0. The number of aromatic nitrogens is 1. The van der Waals surface area contributed by atoms with Crippen LogP contribution in [0.15, 0.2) is 18.5 Å². The molecule has 2 heterocycles. The van der Waals surface area contributed by atoms with Crippen molar-refractivity contribution < 1.29 is 0 Å². The van der Waals surface area contributed by atoms with E-state index in [1.807, 2.05) is 12.4 Å². The first-order chi connectivity index (χ1) is 5.41. The molecule has 2 heteroatoms. The minimum Gasteiger partial charge on any atom is -0.383 e. The Morgan fingerprint density at radius 3 is 3.18 bits per heavy atom. The number of pyridine rings is 1. The summed E-state index contributed by atoms with van der Waals surface area (Å²) in [6.45, 7) is 1.13. The number of fused-ring (bicyclic) bond motifs is 2. The molecule has 1 aliphatic heterocycles. The first-order valence-electron chi connectivity index (χ1n) is 4.09. The highest BCUT2D eigenvalue weighted by Crippen LogP contribution is 2.53. The number of nitrogens with zero attached hydrogens (tertiary/aromatic N) is 1. The van der Waals surface area contributed by atoms with Gasteiger partial charge in [-0.1, -0.05) is 0 Å². The minimum absolute atomic E-state index is 0.526. The predicted molar refractivity (Wildman–Crippen MR) is 43.6 cm³/mol. The predicted octanol–water partition coefficient (Wildman–Crippen LogP) is 1.54. The van der Waals surface area contributed by atoms with Crippen LogP contribution < -0.4 is 5.32 Å². The zero-order valence-corrected chi connectivity index (χ0v) is 6.30. The van der Waals surface area contributed by atoms with Crippen molar-refractivity contribution in [3.63, 3.8) is 0 Å². The average molecular weight is 146 g/mol. The molecule has 3 rings (SSSR count). The van der Waals surface area contributed by atoms with E-state index >= 15 is 0 Å². The summed E-state index contributed by atoms with van der Waals surface area (Å²) in [5.41, 5.74) is 3.27. The number of rotatable bonds is 0. The van der Waals surface area contributed by atoms with Gasteiger partial charge >= 0.3 is 0 Å². The maximum absolute atomic E-state index is 4.09. The molecular formula is C9H10N2. The molecule has 0 unspecified atom stereocenters. The quantitative estimate of drug-likeness (QED) is 0.600. The fourth-order valence-corrected chi connectivity index (χ4v) is 1.95. The van der Waals surface area contributed by atoms with E-state index in [-0.39, 0.29) is 0 Å². The van der Waals surface area contributed by atoms with E-state index in [0.29, 0.717) is 5.41 Å². The Bertz CT molecular complexity index is 302. The highest BCUT2D eigenvalue weighted by Gasteiger charge is 2.48. The van der Waals surface area contributed by atoms with Gasteiger partial charge in [-0.05, 0) is 24.5 Å². The molecule has 1 aromatic rings. The number of anilines is 1. The Balaban J connectivity index is 2.21. The smallest absolute Gasteiger partial charge is 0.0565 e. The Hall–Kier alpha value is -1.05. The summed E-state index contributed by atoms with van der Waals surface area (Å²) in [5.74, 6) is 0. The Kier molecular flexibility index (Phi) is 0.799.